The Morgan fingerprint density at radius 1 is 1.00 bits per heavy atom. The molecule has 0 radical (unpaired) electrons. The van der Waals surface area contributed by atoms with Crippen molar-refractivity contribution >= 4 is 0 Å². The first kappa shape index (κ1) is 14.4. The first-order valence-corrected chi connectivity index (χ1v) is 5.58. The fourth-order valence-electron chi connectivity index (χ4n) is 1.76. The predicted molar refractivity (Wildman–Crippen MR) is 60.8 cm³/mol. The zero-order valence-corrected chi connectivity index (χ0v) is 10.5. The fourth-order valence-corrected chi connectivity index (χ4v) is 1.76. The Morgan fingerprint density at radius 3 is 2.10 bits per heavy atom. The molecule has 0 amide bonds. The highest BCUT2D eigenvalue weighted by Gasteiger charge is 2.59. The van der Waals surface area contributed by atoms with E-state index in [1.165, 1.54) is 10.9 Å². The summed E-state index contributed by atoms with van der Waals surface area (Å²) in [5.41, 5.74) is -0.856. The smallest absolute Gasteiger partial charge is 0.233 e. The van der Waals surface area contributed by atoms with Crippen molar-refractivity contribution in [1.29, 1.82) is 0 Å². The number of aromatic nitrogens is 3. The lowest BCUT2D eigenvalue weighted by molar-refractivity contribution is -0.289. The van der Waals surface area contributed by atoms with Gasteiger partial charge in [-0.1, -0.05) is 0 Å². The van der Waals surface area contributed by atoms with Gasteiger partial charge in [0.05, 0.1) is 5.56 Å². The monoisotopic (exact) mass is 291 g/mol. The van der Waals surface area contributed by atoms with E-state index >= 15 is 0 Å². The van der Waals surface area contributed by atoms with Crippen LogP contribution in [0.5, 0.6) is 0 Å². The van der Waals surface area contributed by atoms with E-state index in [0.717, 1.165) is 19.1 Å². The summed E-state index contributed by atoms with van der Waals surface area (Å²) in [5.74, 6) is -4.74. The van der Waals surface area contributed by atoms with Gasteiger partial charge < -0.3 is 0 Å². The normalized spacial score (nSPS) is 12.8. The minimum atomic E-state index is -5.65. The van der Waals surface area contributed by atoms with E-state index in [9.17, 15) is 22.0 Å². The Kier molecular flexibility index (Phi) is 3.27. The maximum atomic E-state index is 13.3. The van der Waals surface area contributed by atoms with Gasteiger partial charge in [0.15, 0.2) is 5.82 Å². The van der Waals surface area contributed by atoms with Gasteiger partial charge in [-0.3, -0.25) is 0 Å². The highest BCUT2D eigenvalue weighted by atomic mass is 19.4. The summed E-state index contributed by atoms with van der Waals surface area (Å²) in [4.78, 5) is 3.78. The molecule has 2 heterocycles. The largest absolute Gasteiger partial charge is 0.458 e. The molecule has 8 heteroatoms. The van der Waals surface area contributed by atoms with E-state index in [0.29, 0.717) is 5.69 Å². The molecule has 2 rings (SSSR count). The molecular weight excluding hydrogens is 281 g/mol. The lowest BCUT2D eigenvalue weighted by Crippen LogP contribution is -2.34. The Labute approximate surface area is 111 Å². The van der Waals surface area contributed by atoms with Crippen molar-refractivity contribution in [1.82, 2.24) is 14.8 Å². The maximum absolute atomic E-state index is 13.3. The van der Waals surface area contributed by atoms with Gasteiger partial charge in [-0.05, 0) is 32.0 Å². The van der Waals surface area contributed by atoms with Crippen molar-refractivity contribution in [2.45, 2.75) is 25.9 Å². The Hall–Kier alpha value is -1.99. The Morgan fingerprint density at radius 2 is 1.65 bits per heavy atom. The third-order valence-electron chi connectivity index (χ3n) is 2.81. The van der Waals surface area contributed by atoms with Crippen LogP contribution < -0.4 is 0 Å². The molecule has 0 aromatic carbocycles. The van der Waals surface area contributed by atoms with Gasteiger partial charge in [0.2, 0.25) is 0 Å². The Bertz CT molecular complexity index is 630. The number of hydrogen-bond acceptors (Lipinski definition) is 2. The van der Waals surface area contributed by atoms with Crippen LogP contribution in [0.4, 0.5) is 22.0 Å². The van der Waals surface area contributed by atoms with Crippen LogP contribution in [0.25, 0.3) is 5.82 Å². The topological polar surface area (TPSA) is 30.7 Å². The van der Waals surface area contributed by atoms with Crippen LogP contribution in [0.1, 0.15) is 17.0 Å². The van der Waals surface area contributed by atoms with Crippen molar-refractivity contribution in [3.63, 3.8) is 0 Å². The Balaban J connectivity index is 2.49. The molecule has 0 atom stereocenters. The molecule has 0 spiro atoms. The number of rotatable bonds is 2. The van der Waals surface area contributed by atoms with Gasteiger partial charge in [0.1, 0.15) is 0 Å². The number of alkyl halides is 5. The van der Waals surface area contributed by atoms with Gasteiger partial charge in [-0.2, -0.15) is 27.1 Å². The van der Waals surface area contributed by atoms with Crippen LogP contribution in [0.15, 0.2) is 24.4 Å². The molecule has 0 bridgehead atoms. The average molecular weight is 291 g/mol. The molecule has 0 saturated heterocycles. The summed E-state index contributed by atoms with van der Waals surface area (Å²) in [6.07, 6.45) is -4.17. The third kappa shape index (κ3) is 2.25. The van der Waals surface area contributed by atoms with E-state index in [1.54, 1.807) is 13.0 Å². The van der Waals surface area contributed by atoms with Crippen LogP contribution in [0.3, 0.4) is 0 Å². The van der Waals surface area contributed by atoms with Gasteiger partial charge in [0.25, 0.3) is 0 Å². The predicted octanol–water partition coefficient (Wildman–Crippen LogP) is 3.54. The van der Waals surface area contributed by atoms with Crippen LogP contribution >= 0.6 is 0 Å². The second kappa shape index (κ2) is 4.53. The van der Waals surface area contributed by atoms with Crippen molar-refractivity contribution in [2.24, 2.45) is 0 Å². The molecule has 20 heavy (non-hydrogen) atoms. The standard InChI is InChI=1S/C12H10F5N3/c1-7-5-6-18-20(7)10-4-3-9(8(2)19-10)11(13,14)12(15,16)17/h3-6H,1-2H3. The van der Waals surface area contributed by atoms with Gasteiger partial charge >= 0.3 is 12.1 Å². The molecule has 0 unspecified atom stereocenters. The summed E-state index contributed by atoms with van der Waals surface area (Å²) in [6, 6.07) is 3.48. The van der Waals surface area contributed by atoms with Gasteiger partial charge in [-0.25, -0.2) is 9.67 Å². The molecule has 0 fully saturated rings. The summed E-state index contributed by atoms with van der Waals surface area (Å²) in [5, 5.41) is 3.91. The summed E-state index contributed by atoms with van der Waals surface area (Å²) in [7, 11) is 0. The van der Waals surface area contributed by atoms with Crippen molar-refractivity contribution in [2.75, 3.05) is 0 Å². The second-order valence-corrected chi connectivity index (χ2v) is 4.26. The molecule has 0 saturated carbocycles. The first-order valence-electron chi connectivity index (χ1n) is 5.58. The molecule has 3 nitrogen and oxygen atoms in total. The zero-order valence-electron chi connectivity index (χ0n) is 10.5. The third-order valence-corrected chi connectivity index (χ3v) is 2.81. The average Bonchev–Trinajstić information content (AvgIpc) is 2.73. The molecule has 0 aliphatic carbocycles. The van der Waals surface area contributed by atoms with E-state index < -0.39 is 17.7 Å². The van der Waals surface area contributed by atoms with Crippen molar-refractivity contribution in [3.05, 3.63) is 41.3 Å². The van der Waals surface area contributed by atoms with Crippen molar-refractivity contribution in [3.8, 4) is 5.82 Å². The van der Waals surface area contributed by atoms with Crippen molar-refractivity contribution < 1.29 is 22.0 Å². The minimum absolute atomic E-state index is 0.187. The number of aryl methyl sites for hydroxylation is 2. The highest BCUT2D eigenvalue weighted by Crippen LogP contribution is 2.44. The van der Waals surface area contributed by atoms with E-state index in [-0.39, 0.29) is 11.5 Å². The zero-order chi connectivity index (χ0) is 15.1. The number of pyridine rings is 1. The van der Waals surface area contributed by atoms with E-state index in [2.05, 4.69) is 10.1 Å². The maximum Gasteiger partial charge on any atom is 0.458 e. The molecule has 0 aliphatic rings. The first-order chi connectivity index (χ1) is 9.14. The van der Waals surface area contributed by atoms with Gasteiger partial charge in [0, 0.05) is 17.6 Å². The molecule has 108 valence electrons. The molecule has 0 N–H and O–H groups in total. The fraction of sp³-hybridized carbons (Fsp3) is 0.333. The van der Waals surface area contributed by atoms with E-state index in [4.69, 9.17) is 0 Å². The van der Waals surface area contributed by atoms with Crippen LogP contribution in [-0.4, -0.2) is 20.9 Å². The van der Waals surface area contributed by atoms with Crippen LogP contribution in [0.2, 0.25) is 0 Å². The summed E-state index contributed by atoms with van der Waals surface area (Å²) in [6.45, 7) is 2.82. The number of hydrogen-bond donors (Lipinski definition) is 0. The minimum Gasteiger partial charge on any atom is -0.233 e. The molecule has 2 aromatic rings. The lowest BCUT2D eigenvalue weighted by atomic mass is 10.1. The quantitative estimate of drug-likeness (QED) is 0.792. The highest BCUT2D eigenvalue weighted by molar-refractivity contribution is 5.34. The van der Waals surface area contributed by atoms with Gasteiger partial charge in [-0.15, -0.1) is 0 Å². The number of nitrogens with zero attached hydrogens (tertiary/aromatic N) is 3. The summed E-state index contributed by atoms with van der Waals surface area (Å²) < 4.78 is 65.0. The summed E-state index contributed by atoms with van der Waals surface area (Å²) >= 11 is 0. The second-order valence-electron chi connectivity index (χ2n) is 4.26. The molecule has 0 aliphatic heterocycles. The van der Waals surface area contributed by atoms with E-state index in [1.807, 2.05) is 0 Å². The van der Waals surface area contributed by atoms with Crippen LogP contribution in [-0.2, 0) is 5.92 Å². The molecular formula is C12H10F5N3. The molecule has 2 aromatic heterocycles. The number of halogens is 5. The SMILES string of the molecule is Cc1nc(-n2nccc2C)ccc1C(F)(F)C(F)(F)F. The lowest BCUT2D eigenvalue weighted by Gasteiger charge is -2.21. The van der Waals surface area contributed by atoms with Crippen LogP contribution in [0, 0.1) is 13.8 Å².